The van der Waals surface area contributed by atoms with Crippen molar-refractivity contribution in [2.24, 2.45) is 7.05 Å². The SMILES string of the molecule is Cn1ccnc1CNC1(c2ccccc2)CC1. The average Bonchev–Trinajstić information content (AvgIpc) is 3.06. The second-order valence-corrected chi connectivity index (χ2v) is 4.76. The Morgan fingerprint density at radius 3 is 2.65 bits per heavy atom. The maximum absolute atomic E-state index is 4.34. The molecular weight excluding hydrogens is 210 g/mol. The molecule has 1 N–H and O–H groups in total. The quantitative estimate of drug-likeness (QED) is 0.867. The van der Waals surface area contributed by atoms with Crippen LogP contribution in [0.2, 0.25) is 0 Å². The monoisotopic (exact) mass is 227 g/mol. The van der Waals surface area contributed by atoms with Gasteiger partial charge in [-0.25, -0.2) is 4.98 Å². The van der Waals surface area contributed by atoms with E-state index in [0.29, 0.717) is 0 Å². The molecule has 1 aromatic carbocycles. The molecule has 0 amide bonds. The molecule has 1 aliphatic carbocycles. The van der Waals surface area contributed by atoms with Crippen LogP contribution in [-0.2, 0) is 19.1 Å². The molecular formula is C14H17N3. The van der Waals surface area contributed by atoms with Gasteiger partial charge in [-0.15, -0.1) is 0 Å². The average molecular weight is 227 g/mol. The van der Waals surface area contributed by atoms with Gasteiger partial charge in [-0.2, -0.15) is 0 Å². The van der Waals surface area contributed by atoms with Crippen LogP contribution in [0.1, 0.15) is 24.2 Å². The van der Waals surface area contributed by atoms with Crippen molar-refractivity contribution in [3.63, 3.8) is 0 Å². The summed E-state index contributed by atoms with van der Waals surface area (Å²) in [6, 6.07) is 10.7. The van der Waals surface area contributed by atoms with Gasteiger partial charge in [0.05, 0.1) is 6.54 Å². The zero-order valence-corrected chi connectivity index (χ0v) is 10.1. The summed E-state index contributed by atoms with van der Waals surface area (Å²) < 4.78 is 2.06. The van der Waals surface area contributed by atoms with E-state index in [1.807, 2.05) is 19.4 Å². The van der Waals surface area contributed by atoms with E-state index < -0.39 is 0 Å². The lowest BCUT2D eigenvalue weighted by Gasteiger charge is -2.17. The van der Waals surface area contributed by atoms with E-state index in [9.17, 15) is 0 Å². The number of aryl methyl sites for hydroxylation is 1. The topological polar surface area (TPSA) is 29.9 Å². The van der Waals surface area contributed by atoms with Crippen molar-refractivity contribution in [1.82, 2.24) is 14.9 Å². The van der Waals surface area contributed by atoms with Crippen LogP contribution < -0.4 is 5.32 Å². The van der Waals surface area contributed by atoms with Crippen LogP contribution in [0.3, 0.4) is 0 Å². The van der Waals surface area contributed by atoms with Crippen molar-refractivity contribution in [2.75, 3.05) is 0 Å². The molecule has 0 saturated heterocycles. The number of imidazole rings is 1. The van der Waals surface area contributed by atoms with Crippen LogP contribution in [0.5, 0.6) is 0 Å². The minimum Gasteiger partial charge on any atom is -0.337 e. The Morgan fingerprint density at radius 1 is 1.29 bits per heavy atom. The third-order valence-electron chi connectivity index (χ3n) is 3.58. The highest BCUT2D eigenvalue weighted by Gasteiger charge is 2.43. The Kier molecular flexibility index (Phi) is 2.48. The summed E-state index contributed by atoms with van der Waals surface area (Å²) in [4.78, 5) is 4.34. The summed E-state index contributed by atoms with van der Waals surface area (Å²) in [6.07, 6.45) is 6.28. The Labute approximate surface area is 101 Å². The fourth-order valence-corrected chi connectivity index (χ4v) is 2.26. The first-order chi connectivity index (χ1) is 8.30. The number of rotatable bonds is 4. The lowest BCUT2D eigenvalue weighted by Crippen LogP contribution is -2.29. The fourth-order valence-electron chi connectivity index (χ4n) is 2.26. The Morgan fingerprint density at radius 2 is 2.06 bits per heavy atom. The summed E-state index contributed by atoms with van der Waals surface area (Å²) in [7, 11) is 2.03. The third-order valence-corrected chi connectivity index (χ3v) is 3.58. The number of aromatic nitrogens is 2. The van der Waals surface area contributed by atoms with E-state index in [1.165, 1.54) is 18.4 Å². The van der Waals surface area contributed by atoms with Crippen LogP contribution in [-0.4, -0.2) is 9.55 Å². The molecule has 0 spiro atoms. The Balaban J connectivity index is 1.72. The highest BCUT2D eigenvalue weighted by molar-refractivity contribution is 5.29. The zero-order valence-electron chi connectivity index (χ0n) is 10.1. The van der Waals surface area contributed by atoms with E-state index in [-0.39, 0.29) is 5.54 Å². The van der Waals surface area contributed by atoms with Crippen molar-refractivity contribution in [3.05, 3.63) is 54.1 Å². The lowest BCUT2D eigenvalue weighted by atomic mass is 10.1. The normalized spacial score (nSPS) is 17.0. The van der Waals surface area contributed by atoms with Gasteiger partial charge in [0.25, 0.3) is 0 Å². The molecule has 1 fully saturated rings. The molecule has 3 rings (SSSR count). The number of nitrogens with one attached hydrogen (secondary N) is 1. The highest BCUT2D eigenvalue weighted by atomic mass is 15.1. The molecule has 2 aromatic rings. The van der Waals surface area contributed by atoms with Crippen LogP contribution in [0.15, 0.2) is 42.7 Å². The van der Waals surface area contributed by atoms with Gasteiger partial charge in [0.1, 0.15) is 5.82 Å². The van der Waals surface area contributed by atoms with Gasteiger partial charge in [-0.3, -0.25) is 0 Å². The molecule has 3 nitrogen and oxygen atoms in total. The van der Waals surface area contributed by atoms with Gasteiger partial charge in [-0.05, 0) is 18.4 Å². The summed E-state index contributed by atoms with van der Waals surface area (Å²) >= 11 is 0. The highest BCUT2D eigenvalue weighted by Crippen LogP contribution is 2.45. The van der Waals surface area contributed by atoms with E-state index in [1.54, 1.807) is 0 Å². The molecule has 1 aromatic heterocycles. The molecule has 0 aliphatic heterocycles. The molecule has 1 aliphatic rings. The molecule has 1 heterocycles. The predicted molar refractivity (Wildman–Crippen MR) is 67.4 cm³/mol. The summed E-state index contributed by atoms with van der Waals surface area (Å²) in [5, 5.41) is 3.65. The van der Waals surface area contributed by atoms with Crippen molar-refractivity contribution in [2.45, 2.75) is 24.9 Å². The van der Waals surface area contributed by atoms with Gasteiger partial charge in [0.2, 0.25) is 0 Å². The number of benzene rings is 1. The first-order valence-corrected chi connectivity index (χ1v) is 6.07. The van der Waals surface area contributed by atoms with E-state index in [0.717, 1.165) is 12.4 Å². The fraction of sp³-hybridized carbons (Fsp3) is 0.357. The Hall–Kier alpha value is -1.61. The summed E-state index contributed by atoms with van der Waals surface area (Å²) in [5.74, 6) is 1.09. The minimum atomic E-state index is 0.202. The maximum Gasteiger partial charge on any atom is 0.122 e. The summed E-state index contributed by atoms with van der Waals surface area (Å²) in [5.41, 5.74) is 1.60. The molecule has 88 valence electrons. The molecule has 0 atom stereocenters. The van der Waals surface area contributed by atoms with Crippen molar-refractivity contribution >= 4 is 0 Å². The molecule has 0 radical (unpaired) electrons. The Bertz CT molecular complexity index is 497. The second-order valence-electron chi connectivity index (χ2n) is 4.76. The van der Waals surface area contributed by atoms with Crippen LogP contribution in [0.4, 0.5) is 0 Å². The largest absolute Gasteiger partial charge is 0.337 e. The van der Waals surface area contributed by atoms with Gasteiger partial charge in [0.15, 0.2) is 0 Å². The molecule has 0 unspecified atom stereocenters. The predicted octanol–water partition coefficient (Wildman–Crippen LogP) is 2.20. The lowest BCUT2D eigenvalue weighted by molar-refractivity contribution is 0.500. The first-order valence-electron chi connectivity index (χ1n) is 6.07. The number of nitrogens with zero attached hydrogens (tertiary/aromatic N) is 2. The number of hydrogen-bond acceptors (Lipinski definition) is 2. The summed E-state index contributed by atoms with van der Waals surface area (Å²) in [6.45, 7) is 0.832. The molecule has 3 heteroatoms. The molecule has 17 heavy (non-hydrogen) atoms. The third kappa shape index (κ3) is 1.98. The second kappa shape index (κ2) is 4.00. The maximum atomic E-state index is 4.34. The van der Waals surface area contributed by atoms with Crippen LogP contribution >= 0.6 is 0 Å². The smallest absolute Gasteiger partial charge is 0.122 e. The van der Waals surface area contributed by atoms with E-state index >= 15 is 0 Å². The van der Waals surface area contributed by atoms with Gasteiger partial charge >= 0.3 is 0 Å². The van der Waals surface area contributed by atoms with Crippen LogP contribution in [0, 0.1) is 0 Å². The zero-order chi connectivity index (χ0) is 11.7. The van der Waals surface area contributed by atoms with Crippen molar-refractivity contribution in [3.8, 4) is 0 Å². The first kappa shape index (κ1) is 10.5. The van der Waals surface area contributed by atoms with Crippen LogP contribution in [0.25, 0.3) is 0 Å². The van der Waals surface area contributed by atoms with E-state index in [4.69, 9.17) is 0 Å². The number of hydrogen-bond donors (Lipinski definition) is 1. The van der Waals surface area contributed by atoms with Gasteiger partial charge < -0.3 is 9.88 Å². The molecule has 0 bridgehead atoms. The van der Waals surface area contributed by atoms with Crippen molar-refractivity contribution < 1.29 is 0 Å². The van der Waals surface area contributed by atoms with Gasteiger partial charge in [-0.1, -0.05) is 30.3 Å². The van der Waals surface area contributed by atoms with Gasteiger partial charge in [0, 0.05) is 25.0 Å². The standard InChI is InChI=1S/C14H17N3/c1-17-10-9-15-13(17)11-16-14(7-8-14)12-5-3-2-4-6-12/h2-6,9-10,16H,7-8,11H2,1H3. The van der Waals surface area contributed by atoms with Crippen molar-refractivity contribution in [1.29, 1.82) is 0 Å². The minimum absolute atomic E-state index is 0.202. The molecule has 1 saturated carbocycles. The van der Waals surface area contributed by atoms with E-state index in [2.05, 4.69) is 45.2 Å².